The van der Waals surface area contributed by atoms with Gasteiger partial charge in [-0.05, 0) is 55.0 Å². The Hall–Kier alpha value is -4.30. The topological polar surface area (TPSA) is 104 Å². The molecule has 0 aliphatic carbocycles. The third-order valence-corrected chi connectivity index (χ3v) is 6.04. The Labute approximate surface area is 205 Å². The van der Waals surface area contributed by atoms with Crippen molar-refractivity contribution in [3.8, 4) is 0 Å². The van der Waals surface area contributed by atoms with Gasteiger partial charge in [0.2, 0.25) is 0 Å². The van der Waals surface area contributed by atoms with Gasteiger partial charge in [0.05, 0.1) is 23.0 Å². The molecule has 0 atom stereocenters. The Morgan fingerprint density at radius 3 is 2.26 bits per heavy atom. The standard InChI is InChI=1S/C26H21ClN4O4/c27-20-15-28-23-14-17(8-11-19(20)23)25(33)30-22-5-2-1-4-21(22)29-24(32)16-6-9-18(10-7-16)31-12-3-13-35-26(31)34/h1-2,4-11,14-15,28H,3,12-13H2,(H,29,32)(H,30,33). The van der Waals surface area contributed by atoms with Gasteiger partial charge in [-0.15, -0.1) is 0 Å². The first-order valence-corrected chi connectivity index (χ1v) is 11.4. The number of hydrogen-bond donors (Lipinski definition) is 3. The fourth-order valence-electron chi connectivity index (χ4n) is 3.90. The first-order chi connectivity index (χ1) is 17.0. The molecule has 0 bridgehead atoms. The lowest BCUT2D eigenvalue weighted by Gasteiger charge is -2.26. The lowest BCUT2D eigenvalue weighted by Crippen LogP contribution is -2.37. The molecule has 0 radical (unpaired) electrons. The van der Waals surface area contributed by atoms with Gasteiger partial charge in [0.15, 0.2) is 0 Å². The number of amides is 3. The third-order valence-electron chi connectivity index (χ3n) is 5.73. The fraction of sp³-hybridized carbons (Fsp3) is 0.115. The average molecular weight is 489 g/mol. The van der Waals surface area contributed by atoms with Crippen molar-refractivity contribution in [2.45, 2.75) is 6.42 Å². The van der Waals surface area contributed by atoms with Crippen molar-refractivity contribution < 1.29 is 19.1 Å². The second-order valence-corrected chi connectivity index (χ2v) is 8.42. The average Bonchev–Trinajstić information content (AvgIpc) is 3.25. The molecule has 0 spiro atoms. The van der Waals surface area contributed by atoms with Crippen LogP contribution in [0.2, 0.25) is 5.02 Å². The molecule has 8 nitrogen and oxygen atoms in total. The van der Waals surface area contributed by atoms with Crippen LogP contribution in [-0.2, 0) is 4.74 Å². The summed E-state index contributed by atoms with van der Waals surface area (Å²) in [6.07, 6.45) is 2.03. The zero-order valence-electron chi connectivity index (χ0n) is 18.5. The van der Waals surface area contributed by atoms with Crippen molar-refractivity contribution >= 4 is 57.5 Å². The van der Waals surface area contributed by atoms with Gasteiger partial charge in [0, 0.05) is 40.5 Å². The first kappa shape index (κ1) is 22.5. The van der Waals surface area contributed by atoms with Crippen molar-refractivity contribution in [3.05, 3.63) is 89.1 Å². The van der Waals surface area contributed by atoms with Crippen LogP contribution in [0.3, 0.4) is 0 Å². The Kier molecular flexibility index (Phi) is 6.12. The minimum atomic E-state index is -0.392. The predicted molar refractivity (Wildman–Crippen MR) is 135 cm³/mol. The van der Waals surface area contributed by atoms with Crippen molar-refractivity contribution in [1.29, 1.82) is 0 Å². The van der Waals surface area contributed by atoms with Crippen LogP contribution in [-0.4, -0.2) is 36.0 Å². The van der Waals surface area contributed by atoms with Crippen LogP contribution in [0.15, 0.2) is 72.9 Å². The largest absolute Gasteiger partial charge is 0.449 e. The molecule has 3 amide bonds. The maximum atomic E-state index is 12.9. The van der Waals surface area contributed by atoms with Gasteiger partial charge in [-0.2, -0.15) is 0 Å². The maximum Gasteiger partial charge on any atom is 0.414 e. The van der Waals surface area contributed by atoms with E-state index in [-0.39, 0.29) is 11.8 Å². The smallest absolute Gasteiger partial charge is 0.414 e. The van der Waals surface area contributed by atoms with E-state index in [1.54, 1.807) is 72.9 Å². The minimum absolute atomic E-state index is 0.322. The number of ether oxygens (including phenoxy) is 1. The molecule has 3 aromatic carbocycles. The highest BCUT2D eigenvalue weighted by Gasteiger charge is 2.21. The summed E-state index contributed by atoms with van der Waals surface area (Å²) in [7, 11) is 0. The van der Waals surface area contributed by atoms with E-state index < -0.39 is 6.09 Å². The van der Waals surface area contributed by atoms with Crippen molar-refractivity contribution in [1.82, 2.24) is 4.98 Å². The quantitative estimate of drug-likeness (QED) is 0.336. The summed E-state index contributed by atoms with van der Waals surface area (Å²) in [5.41, 5.74) is 3.20. The molecule has 2 heterocycles. The second-order valence-electron chi connectivity index (χ2n) is 8.02. The number of aromatic amines is 1. The van der Waals surface area contributed by atoms with Gasteiger partial charge in [-0.1, -0.05) is 29.8 Å². The van der Waals surface area contributed by atoms with Crippen LogP contribution in [0.5, 0.6) is 0 Å². The van der Waals surface area contributed by atoms with Crippen molar-refractivity contribution in [2.75, 3.05) is 28.7 Å². The molecule has 3 N–H and O–H groups in total. The number of nitrogens with zero attached hydrogens (tertiary/aromatic N) is 1. The second kappa shape index (κ2) is 9.52. The van der Waals surface area contributed by atoms with Gasteiger partial charge < -0.3 is 20.4 Å². The van der Waals surface area contributed by atoms with E-state index in [2.05, 4.69) is 15.6 Å². The summed E-state index contributed by atoms with van der Waals surface area (Å²) in [6, 6.07) is 18.8. The molecular formula is C26H21ClN4O4. The SMILES string of the molecule is O=C(Nc1ccccc1NC(=O)c1ccc2c(Cl)c[nH]c2c1)c1ccc(N2CCCOC2=O)cc1. The molecule has 1 aromatic heterocycles. The monoisotopic (exact) mass is 488 g/mol. The molecule has 5 rings (SSSR count). The molecule has 0 saturated carbocycles. The number of carbonyl (C=O) groups is 3. The van der Waals surface area contributed by atoms with Crippen LogP contribution in [0, 0.1) is 0 Å². The van der Waals surface area contributed by atoms with Crippen molar-refractivity contribution in [2.24, 2.45) is 0 Å². The van der Waals surface area contributed by atoms with E-state index >= 15 is 0 Å². The number of cyclic esters (lactones) is 1. The number of nitrogens with one attached hydrogen (secondary N) is 3. The number of H-pyrrole nitrogens is 1. The zero-order valence-corrected chi connectivity index (χ0v) is 19.3. The van der Waals surface area contributed by atoms with Gasteiger partial charge in [-0.25, -0.2) is 4.79 Å². The number of rotatable bonds is 5. The summed E-state index contributed by atoms with van der Waals surface area (Å²) in [5.74, 6) is -0.668. The van der Waals surface area contributed by atoms with E-state index in [1.807, 2.05) is 0 Å². The summed E-state index contributed by atoms with van der Waals surface area (Å²) in [6.45, 7) is 0.988. The van der Waals surface area contributed by atoms with Crippen LogP contribution in [0.4, 0.5) is 21.9 Å². The normalized spacial score (nSPS) is 13.4. The first-order valence-electron chi connectivity index (χ1n) is 11.0. The van der Waals surface area contributed by atoms with Crippen molar-refractivity contribution in [3.63, 3.8) is 0 Å². The van der Waals surface area contributed by atoms with Gasteiger partial charge in [-0.3, -0.25) is 14.5 Å². The molecule has 1 aliphatic rings. The van der Waals surface area contributed by atoms with E-state index in [4.69, 9.17) is 16.3 Å². The Morgan fingerprint density at radius 2 is 1.57 bits per heavy atom. The number of fused-ring (bicyclic) bond motifs is 1. The molecular weight excluding hydrogens is 468 g/mol. The van der Waals surface area contributed by atoms with E-state index in [0.717, 1.165) is 17.3 Å². The number of carbonyl (C=O) groups excluding carboxylic acids is 3. The highest BCUT2D eigenvalue weighted by molar-refractivity contribution is 6.35. The van der Waals surface area contributed by atoms with E-state index in [9.17, 15) is 14.4 Å². The molecule has 4 aromatic rings. The zero-order chi connectivity index (χ0) is 24.4. The molecule has 35 heavy (non-hydrogen) atoms. The van der Waals surface area contributed by atoms with Crippen LogP contribution < -0.4 is 15.5 Å². The molecule has 0 unspecified atom stereocenters. The Morgan fingerprint density at radius 1 is 0.914 bits per heavy atom. The summed E-state index contributed by atoms with van der Waals surface area (Å²) in [4.78, 5) is 42.3. The van der Waals surface area contributed by atoms with Crippen LogP contribution in [0.25, 0.3) is 10.9 Å². The number of anilines is 3. The highest BCUT2D eigenvalue weighted by atomic mass is 35.5. The predicted octanol–water partition coefficient (Wildman–Crippen LogP) is 5.67. The molecule has 1 fully saturated rings. The highest BCUT2D eigenvalue weighted by Crippen LogP contribution is 2.26. The Balaban J connectivity index is 1.30. The summed E-state index contributed by atoms with van der Waals surface area (Å²) < 4.78 is 5.07. The molecule has 176 valence electrons. The number of para-hydroxylation sites is 2. The lowest BCUT2D eigenvalue weighted by atomic mass is 10.1. The maximum absolute atomic E-state index is 12.9. The lowest BCUT2D eigenvalue weighted by molar-refractivity contribution is 0.101. The van der Waals surface area contributed by atoms with Gasteiger partial charge >= 0.3 is 6.09 Å². The fourth-order valence-corrected chi connectivity index (χ4v) is 4.12. The van der Waals surface area contributed by atoms with Crippen LogP contribution >= 0.6 is 11.6 Å². The van der Waals surface area contributed by atoms with Gasteiger partial charge in [0.25, 0.3) is 11.8 Å². The number of benzene rings is 3. The molecule has 1 saturated heterocycles. The van der Waals surface area contributed by atoms with Crippen LogP contribution in [0.1, 0.15) is 27.1 Å². The Bertz CT molecular complexity index is 1430. The minimum Gasteiger partial charge on any atom is -0.449 e. The number of halogens is 1. The summed E-state index contributed by atoms with van der Waals surface area (Å²) >= 11 is 6.11. The summed E-state index contributed by atoms with van der Waals surface area (Å²) in [5, 5.41) is 7.11. The van der Waals surface area contributed by atoms with Gasteiger partial charge in [0.1, 0.15) is 0 Å². The molecule has 1 aliphatic heterocycles. The number of aromatic nitrogens is 1. The number of hydrogen-bond acceptors (Lipinski definition) is 4. The third kappa shape index (κ3) is 4.69. The van der Waals surface area contributed by atoms with E-state index in [1.165, 1.54) is 4.90 Å². The van der Waals surface area contributed by atoms with E-state index in [0.29, 0.717) is 46.4 Å². The molecule has 9 heteroatoms.